The number of aromatic nitrogens is 1. The number of nitrogens with two attached hydrogens (primary N) is 1. The van der Waals surface area contributed by atoms with Gasteiger partial charge in [0.05, 0.1) is 10.6 Å². The number of halogens is 4. The molecule has 0 saturated heterocycles. The van der Waals surface area contributed by atoms with Crippen LogP contribution in [0.15, 0.2) is 6.20 Å². The van der Waals surface area contributed by atoms with Crippen LogP contribution in [0.5, 0.6) is 0 Å². The summed E-state index contributed by atoms with van der Waals surface area (Å²) in [6.07, 6.45) is -1.20. The van der Waals surface area contributed by atoms with E-state index in [9.17, 15) is 8.78 Å². The van der Waals surface area contributed by atoms with Crippen molar-refractivity contribution < 1.29 is 8.78 Å². The summed E-state index contributed by atoms with van der Waals surface area (Å²) in [6.45, 7) is 0.114. The molecule has 13 heavy (non-hydrogen) atoms. The normalized spacial score (nSPS) is 10.9. The summed E-state index contributed by atoms with van der Waals surface area (Å²) in [5.41, 5.74) is 5.51. The number of pyridine rings is 1. The highest BCUT2D eigenvalue weighted by atomic mass is 127. The second kappa shape index (κ2) is 4.47. The highest BCUT2D eigenvalue weighted by molar-refractivity contribution is 14.1. The summed E-state index contributed by atoms with van der Waals surface area (Å²) in [6, 6.07) is 0. The number of hydrogen-bond donors (Lipinski definition) is 1. The van der Waals surface area contributed by atoms with Gasteiger partial charge >= 0.3 is 0 Å². The van der Waals surface area contributed by atoms with Gasteiger partial charge in [-0.2, -0.15) is 0 Å². The molecule has 1 aromatic rings. The largest absolute Gasteiger partial charge is 0.326 e. The van der Waals surface area contributed by atoms with Crippen LogP contribution in [0.2, 0.25) is 5.02 Å². The van der Waals surface area contributed by atoms with E-state index in [-0.39, 0.29) is 20.8 Å². The van der Waals surface area contributed by atoms with Crippen molar-refractivity contribution in [1.29, 1.82) is 0 Å². The third kappa shape index (κ3) is 2.26. The smallest absolute Gasteiger partial charge is 0.267 e. The lowest BCUT2D eigenvalue weighted by Crippen LogP contribution is -2.03. The molecule has 0 aliphatic rings. The van der Waals surface area contributed by atoms with E-state index >= 15 is 0 Å². The summed E-state index contributed by atoms with van der Waals surface area (Å²) in [4.78, 5) is 3.77. The number of alkyl halides is 2. The first kappa shape index (κ1) is 11.1. The second-order valence-corrected chi connectivity index (χ2v) is 3.71. The Labute approximate surface area is 92.6 Å². The first-order valence-electron chi connectivity index (χ1n) is 3.39. The van der Waals surface area contributed by atoms with E-state index in [2.05, 4.69) is 4.98 Å². The average molecular weight is 318 g/mol. The van der Waals surface area contributed by atoms with Gasteiger partial charge in [0.2, 0.25) is 0 Å². The fourth-order valence-corrected chi connectivity index (χ4v) is 1.95. The fourth-order valence-electron chi connectivity index (χ4n) is 0.852. The molecule has 1 rings (SSSR count). The summed E-state index contributed by atoms with van der Waals surface area (Å²) in [5.74, 6) is 0. The van der Waals surface area contributed by atoms with Gasteiger partial charge in [-0.25, -0.2) is 13.8 Å². The molecule has 1 aromatic heterocycles. The van der Waals surface area contributed by atoms with Crippen LogP contribution in [0.4, 0.5) is 8.78 Å². The molecule has 0 aromatic carbocycles. The van der Waals surface area contributed by atoms with E-state index in [1.807, 2.05) is 0 Å². The van der Waals surface area contributed by atoms with Gasteiger partial charge in [0.1, 0.15) is 3.70 Å². The first-order valence-corrected chi connectivity index (χ1v) is 4.84. The molecular weight excluding hydrogens is 312 g/mol. The zero-order valence-electron chi connectivity index (χ0n) is 6.40. The number of nitrogens with zero attached hydrogens (tertiary/aromatic N) is 1. The molecule has 0 saturated carbocycles. The minimum Gasteiger partial charge on any atom is -0.326 e. The van der Waals surface area contributed by atoms with Crippen LogP contribution in [0.25, 0.3) is 0 Å². The molecule has 0 radical (unpaired) electrons. The van der Waals surface area contributed by atoms with Gasteiger partial charge in [0, 0.05) is 18.3 Å². The molecule has 0 amide bonds. The van der Waals surface area contributed by atoms with Crippen LogP contribution < -0.4 is 5.73 Å². The molecule has 1 heterocycles. The van der Waals surface area contributed by atoms with Crippen molar-refractivity contribution in [3.8, 4) is 0 Å². The lowest BCUT2D eigenvalue weighted by Gasteiger charge is -2.08. The molecule has 0 aliphatic carbocycles. The predicted octanol–water partition coefficient (Wildman–Crippen LogP) is 2.74. The maximum atomic E-state index is 12.4. The molecule has 0 bridgehead atoms. The van der Waals surface area contributed by atoms with Crippen molar-refractivity contribution in [3.05, 3.63) is 26.0 Å². The molecule has 0 spiro atoms. The molecular formula is C7H6ClF2IN2. The minimum atomic E-state index is -2.61. The lowest BCUT2D eigenvalue weighted by atomic mass is 10.2. The van der Waals surface area contributed by atoms with Crippen LogP contribution in [-0.2, 0) is 6.54 Å². The Bertz CT molecular complexity index is 320. The maximum absolute atomic E-state index is 12.4. The van der Waals surface area contributed by atoms with Gasteiger partial charge in [-0.15, -0.1) is 0 Å². The van der Waals surface area contributed by atoms with E-state index in [0.29, 0.717) is 5.56 Å². The van der Waals surface area contributed by atoms with E-state index in [1.165, 1.54) is 6.20 Å². The Morgan fingerprint density at radius 2 is 2.23 bits per heavy atom. The molecule has 0 aliphatic heterocycles. The van der Waals surface area contributed by atoms with Crippen LogP contribution >= 0.6 is 34.2 Å². The van der Waals surface area contributed by atoms with Gasteiger partial charge in [0.25, 0.3) is 6.43 Å². The van der Waals surface area contributed by atoms with Crippen molar-refractivity contribution >= 4 is 34.2 Å². The summed E-state index contributed by atoms with van der Waals surface area (Å²) in [7, 11) is 0. The zero-order valence-corrected chi connectivity index (χ0v) is 9.31. The zero-order chi connectivity index (χ0) is 10.0. The van der Waals surface area contributed by atoms with Crippen molar-refractivity contribution in [2.45, 2.75) is 13.0 Å². The standard InChI is InChI=1S/C7H6ClF2IN2/c8-5-3(1-12)2-13-7(11)4(5)6(9)10/h2,6H,1,12H2. The molecule has 6 heteroatoms. The Balaban J connectivity index is 3.30. The number of hydrogen-bond acceptors (Lipinski definition) is 2. The highest BCUT2D eigenvalue weighted by Gasteiger charge is 2.19. The van der Waals surface area contributed by atoms with Crippen LogP contribution in [0.1, 0.15) is 17.6 Å². The summed E-state index contributed by atoms with van der Waals surface area (Å²) >= 11 is 7.42. The minimum absolute atomic E-state index is 0.0249. The third-order valence-electron chi connectivity index (χ3n) is 1.51. The van der Waals surface area contributed by atoms with E-state index in [4.69, 9.17) is 17.3 Å². The third-order valence-corrected chi connectivity index (χ3v) is 2.82. The van der Waals surface area contributed by atoms with Crippen molar-refractivity contribution in [2.75, 3.05) is 0 Å². The molecule has 2 nitrogen and oxygen atoms in total. The van der Waals surface area contributed by atoms with Gasteiger partial charge in [-0.1, -0.05) is 11.6 Å². The Hall–Kier alpha value is -0.0100. The van der Waals surface area contributed by atoms with E-state index in [1.54, 1.807) is 22.6 Å². The first-order chi connectivity index (χ1) is 6.07. The second-order valence-electron chi connectivity index (χ2n) is 2.31. The Morgan fingerprint density at radius 3 is 2.69 bits per heavy atom. The van der Waals surface area contributed by atoms with Gasteiger partial charge in [0.15, 0.2) is 0 Å². The van der Waals surface area contributed by atoms with E-state index < -0.39 is 6.43 Å². The molecule has 2 N–H and O–H groups in total. The maximum Gasteiger partial charge on any atom is 0.267 e. The summed E-state index contributed by atoms with van der Waals surface area (Å²) < 4.78 is 25.1. The lowest BCUT2D eigenvalue weighted by molar-refractivity contribution is 0.150. The fraction of sp³-hybridized carbons (Fsp3) is 0.286. The highest BCUT2D eigenvalue weighted by Crippen LogP contribution is 2.32. The Morgan fingerprint density at radius 1 is 1.62 bits per heavy atom. The monoisotopic (exact) mass is 318 g/mol. The van der Waals surface area contributed by atoms with Crippen LogP contribution in [-0.4, -0.2) is 4.98 Å². The topological polar surface area (TPSA) is 38.9 Å². The summed E-state index contributed by atoms with van der Waals surface area (Å²) in [5, 5.41) is 0.0249. The molecule has 0 fully saturated rings. The van der Waals surface area contributed by atoms with Crippen LogP contribution in [0.3, 0.4) is 0 Å². The van der Waals surface area contributed by atoms with Crippen molar-refractivity contribution in [2.24, 2.45) is 5.73 Å². The Kier molecular flexibility index (Phi) is 3.81. The SMILES string of the molecule is NCc1cnc(I)c(C(F)F)c1Cl. The van der Waals surface area contributed by atoms with E-state index in [0.717, 1.165) is 0 Å². The van der Waals surface area contributed by atoms with Crippen molar-refractivity contribution in [3.63, 3.8) is 0 Å². The van der Waals surface area contributed by atoms with Gasteiger partial charge in [-0.3, -0.25) is 0 Å². The number of rotatable bonds is 2. The van der Waals surface area contributed by atoms with Gasteiger partial charge in [-0.05, 0) is 22.6 Å². The molecule has 0 atom stereocenters. The average Bonchev–Trinajstić information content (AvgIpc) is 2.04. The van der Waals surface area contributed by atoms with Crippen molar-refractivity contribution in [1.82, 2.24) is 4.98 Å². The predicted molar refractivity (Wildman–Crippen MR) is 54.8 cm³/mol. The molecule has 0 unspecified atom stereocenters. The quantitative estimate of drug-likeness (QED) is 0.673. The van der Waals surface area contributed by atoms with Crippen LogP contribution in [0, 0.1) is 3.70 Å². The molecule has 72 valence electrons. The van der Waals surface area contributed by atoms with Gasteiger partial charge < -0.3 is 5.73 Å².